The summed E-state index contributed by atoms with van der Waals surface area (Å²) in [4.78, 5) is 46.4. The van der Waals surface area contributed by atoms with Crippen LogP contribution in [0.15, 0.2) is 24.3 Å². The van der Waals surface area contributed by atoms with Crippen molar-refractivity contribution >= 4 is 17.7 Å². The zero-order valence-corrected chi connectivity index (χ0v) is 25.8. The molecule has 2 aliphatic heterocycles. The van der Waals surface area contributed by atoms with Crippen LogP contribution < -0.4 is 16.0 Å². The summed E-state index contributed by atoms with van der Waals surface area (Å²) < 4.78 is 0. The van der Waals surface area contributed by atoms with Crippen LogP contribution in [-0.2, 0) is 20.8 Å². The first-order chi connectivity index (χ1) is 20.4. The summed E-state index contributed by atoms with van der Waals surface area (Å²) in [6.45, 7) is 5.51. The maximum Gasteiger partial charge on any atom is 0.245 e. The third-order valence-electron chi connectivity index (χ3n) is 11.3. The van der Waals surface area contributed by atoms with Gasteiger partial charge in [0.2, 0.25) is 17.7 Å². The Balaban J connectivity index is 1.26. The SMILES string of the molecule is CN[C@H](C)C(=O)N[C@H](C(=O)N1CC[C@@H]2[C@H]1[C@@H](C(=O)N[C@@H]1CCCc3ccccc31)CN2C(C)C1CC1)C1CCCCC1. The number of aryl methyl sites for hydroxylation is 1. The van der Waals surface area contributed by atoms with Gasteiger partial charge in [0.15, 0.2) is 0 Å². The maximum atomic E-state index is 14.5. The van der Waals surface area contributed by atoms with Gasteiger partial charge in [-0.15, -0.1) is 0 Å². The number of likely N-dealkylation sites (tertiary alicyclic amines) is 2. The van der Waals surface area contributed by atoms with Gasteiger partial charge >= 0.3 is 0 Å². The highest BCUT2D eigenvalue weighted by Crippen LogP contribution is 2.44. The van der Waals surface area contributed by atoms with Crippen LogP contribution in [0, 0.1) is 17.8 Å². The minimum atomic E-state index is -0.531. The second kappa shape index (κ2) is 12.7. The highest BCUT2D eigenvalue weighted by atomic mass is 16.2. The van der Waals surface area contributed by atoms with E-state index in [0.29, 0.717) is 25.0 Å². The number of nitrogens with zero attached hydrogens (tertiary/aromatic N) is 2. The molecule has 2 saturated carbocycles. The van der Waals surface area contributed by atoms with Crippen LogP contribution in [0.2, 0.25) is 0 Å². The lowest BCUT2D eigenvalue weighted by molar-refractivity contribution is -0.141. The van der Waals surface area contributed by atoms with Gasteiger partial charge < -0.3 is 20.9 Å². The molecule has 4 fully saturated rings. The van der Waals surface area contributed by atoms with Gasteiger partial charge in [0.05, 0.1) is 24.0 Å². The second-order valence-corrected chi connectivity index (χ2v) is 13.8. The van der Waals surface area contributed by atoms with Crippen LogP contribution in [0.5, 0.6) is 0 Å². The average Bonchev–Trinajstić information content (AvgIpc) is 3.68. The molecule has 42 heavy (non-hydrogen) atoms. The number of amides is 3. The molecule has 2 heterocycles. The molecule has 6 rings (SSSR count). The molecule has 8 heteroatoms. The molecule has 5 aliphatic rings. The van der Waals surface area contributed by atoms with Gasteiger partial charge in [-0.1, -0.05) is 43.5 Å². The van der Waals surface area contributed by atoms with Crippen LogP contribution in [0.25, 0.3) is 0 Å². The smallest absolute Gasteiger partial charge is 0.245 e. The minimum absolute atomic E-state index is 0.0211. The van der Waals surface area contributed by atoms with Crippen LogP contribution in [-0.4, -0.2) is 77.9 Å². The molecule has 230 valence electrons. The molecule has 1 aromatic rings. The Morgan fingerprint density at radius 2 is 1.67 bits per heavy atom. The monoisotopic (exact) mass is 577 g/mol. The van der Waals surface area contributed by atoms with E-state index in [4.69, 9.17) is 0 Å². The average molecular weight is 578 g/mol. The molecule has 2 saturated heterocycles. The van der Waals surface area contributed by atoms with Crippen molar-refractivity contribution in [3.05, 3.63) is 35.4 Å². The number of carbonyl (C=O) groups excluding carboxylic acids is 3. The summed E-state index contributed by atoms with van der Waals surface area (Å²) in [5.41, 5.74) is 2.58. The van der Waals surface area contributed by atoms with Crippen LogP contribution in [0.3, 0.4) is 0 Å². The molecule has 0 aromatic heterocycles. The Morgan fingerprint density at radius 1 is 0.905 bits per heavy atom. The minimum Gasteiger partial charge on any atom is -0.349 e. The lowest BCUT2D eigenvalue weighted by Crippen LogP contribution is -2.58. The van der Waals surface area contributed by atoms with Gasteiger partial charge in [0.25, 0.3) is 0 Å². The van der Waals surface area contributed by atoms with E-state index in [1.165, 1.54) is 30.4 Å². The fraction of sp³-hybridized carbons (Fsp3) is 0.735. The molecular weight excluding hydrogens is 526 g/mol. The van der Waals surface area contributed by atoms with Gasteiger partial charge in [-0.2, -0.15) is 0 Å². The molecule has 8 nitrogen and oxygen atoms in total. The molecule has 3 N–H and O–H groups in total. The van der Waals surface area contributed by atoms with Gasteiger partial charge in [0.1, 0.15) is 6.04 Å². The number of hydrogen-bond acceptors (Lipinski definition) is 5. The number of benzene rings is 1. The molecule has 3 aliphatic carbocycles. The molecule has 0 spiro atoms. The molecule has 7 atom stereocenters. The van der Waals surface area contributed by atoms with E-state index in [1.54, 1.807) is 7.05 Å². The zero-order chi connectivity index (χ0) is 29.4. The van der Waals surface area contributed by atoms with Crippen molar-refractivity contribution < 1.29 is 14.4 Å². The van der Waals surface area contributed by atoms with E-state index >= 15 is 0 Å². The van der Waals surface area contributed by atoms with Crippen molar-refractivity contribution in [1.82, 2.24) is 25.8 Å². The highest BCUT2D eigenvalue weighted by Gasteiger charge is 2.56. The van der Waals surface area contributed by atoms with Crippen molar-refractivity contribution in [1.29, 1.82) is 0 Å². The van der Waals surface area contributed by atoms with E-state index in [2.05, 4.69) is 52.0 Å². The standard InChI is InChI=1S/C34H51N5O3/c1-21(35-3)32(40)37-30(25-11-5-4-6-12-25)34(42)38-19-18-29-31(38)27(20-39(29)22(2)23-16-17-23)33(41)36-28-15-9-13-24-10-7-8-14-26(24)28/h7-8,10,14,21-23,25,27-31,35H,4-6,9,11-13,15-20H2,1-3H3,(H,36,41)(H,37,40)/t21-,22?,27+,28-,29-,30+,31-/m1/s1. The Bertz CT molecular complexity index is 1150. The Kier molecular flexibility index (Phi) is 8.92. The summed E-state index contributed by atoms with van der Waals surface area (Å²) in [5.74, 6) is 0.548. The number of carbonyl (C=O) groups is 3. The summed E-state index contributed by atoms with van der Waals surface area (Å²) in [6, 6.07) is 8.09. The molecule has 1 unspecified atom stereocenters. The molecule has 0 radical (unpaired) electrons. The molecule has 0 bridgehead atoms. The predicted octanol–water partition coefficient (Wildman–Crippen LogP) is 3.55. The summed E-state index contributed by atoms with van der Waals surface area (Å²) in [7, 11) is 1.77. The van der Waals surface area contributed by atoms with E-state index in [9.17, 15) is 14.4 Å². The van der Waals surface area contributed by atoms with Gasteiger partial charge in [-0.3, -0.25) is 19.3 Å². The lowest BCUT2D eigenvalue weighted by atomic mass is 9.83. The lowest BCUT2D eigenvalue weighted by Gasteiger charge is -2.37. The van der Waals surface area contributed by atoms with E-state index < -0.39 is 6.04 Å². The number of nitrogens with one attached hydrogen (secondary N) is 3. The quantitative estimate of drug-likeness (QED) is 0.418. The normalized spacial score (nSPS) is 30.2. The Morgan fingerprint density at radius 3 is 2.40 bits per heavy atom. The Labute approximate surface area is 251 Å². The van der Waals surface area contributed by atoms with Gasteiger partial charge in [-0.25, -0.2) is 0 Å². The fourth-order valence-electron chi connectivity index (χ4n) is 8.55. The van der Waals surface area contributed by atoms with Crippen molar-refractivity contribution in [3.63, 3.8) is 0 Å². The second-order valence-electron chi connectivity index (χ2n) is 13.8. The first-order valence-electron chi connectivity index (χ1n) is 16.8. The first-order valence-corrected chi connectivity index (χ1v) is 16.8. The van der Waals surface area contributed by atoms with Crippen LogP contribution >= 0.6 is 0 Å². The molecular formula is C34H51N5O3. The molecule has 3 amide bonds. The van der Waals surface area contributed by atoms with Crippen molar-refractivity contribution in [2.45, 2.75) is 121 Å². The van der Waals surface area contributed by atoms with E-state index in [0.717, 1.165) is 51.4 Å². The van der Waals surface area contributed by atoms with Gasteiger partial charge in [0, 0.05) is 25.2 Å². The number of likely N-dealkylation sites (N-methyl/N-ethyl adjacent to an activating group) is 1. The highest BCUT2D eigenvalue weighted by molar-refractivity contribution is 5.91. The van der Waals surface area contributed by atoms with E-state index in [-0.39, 0.29) is 53.7 Å². The third-order valence-corrected chi connectivity index (χ3v) is 11.3. The van der Waals surface area contributed by atoms with Gasteiger partial charge in [-0.05, 0) is 95.2 Å². The number of hydrogen-bond donors (Lipinski definition) is 3. The summed E-state index contributed by atoms with van der Waals surface area (Å²) in [6.07, 6.45) is 11.8. The summed E-state index contributed by atoms with van der Waals surface area (Å²) in [5, 5.41) is 9.65. The van der Waals surface area contributed by atoms with Crippen molar-refractivity contribution in [2.24, 2.45) is 17.8 Å². The third kappa shape index (κ3) is 5.86. The van der Waals surface area contributed by atoms with Crippen LogP contribution in [0.4, 0.5) is 0 Å². The largest absolute Gasteiger partial charge is 0.349 e. The number of fused-ring (bicyclic) bond motifs is 2. The van der Waals surface area contributed by atoms with Crippen molar-refractivity contribution in [2.75, 3.05) is 20.1 Å². The molecule has 1 aromatic carbocycles. The first kappa shape index (κ1) is 29.6. The van der Waals surface area contributed by atoms with E-state index in [1.807, 2.05) is 11.8 Å². The van der Waals surface area contributed by atoms with Crippen LogP contribution in [0.1, 0.15) is 95.2 Å². The topological polar surface area (TPSA) is 93.8 Å². The maximum absolute atomic E-state index is 14.5. The Hall–Kier alpha value is -2.45. The fourth-order valence-corrected chi connectivity index (χ4v) is 8.55. The number of rotatable bonds is 9. The predicted molar refractivity (Wildman–Crippen MR) is 164 cm³/mol. The zero-order valence-electron chi connectivity index (χ0n) is 25.8. The summed E-state index contributed by atoms with van der Waals surface area (Å²) >= 11 is 0. The van der Waals surface area contributed by atoms with Crippen molar-refractivity contribution in [3.8, 4) is 0 Å².